The van der Waals surface area contributed by atoms with E-state index in [0.29, 0.717) is 6.07 Å². The van der Waals surface area contributed by atoms with Crippen LogP contribution in [0.2, 0.25) is 0 Å². The van der Waals surface area contributed by atoms with E-state index in [9.17, 15) is 28.1 Å². The molecule has 23 heavy (non-hydrogen) atoms. The molecule has 9 heteroatoms. The fraction of sp³-hybridized carbons (Fsp3) is 0.500. The molecule has 0 heterocycles. The molecule has 128 valence electrons. The van der Waals surface area contributed by atoms with Gasteiger partial charge in [-0.05, 0) is 25.0 Å². The number of nitrogens with zero attached hydrogens (tertiary/aromatic N) is 1. The molecule has 0 fully saturated rings. The van der Waals surface area contributed by atoms with Crippen molar-refractivity contribution >= 4 is 23.4 Å². The Balaban J connectivity index is 2.84. The summed E-state index contributed by atoms with van der Waals surface area (Å²) in [5.41, 5.74) is -1.74. The molecule has 1 rings (SSSR count). The molecule has 5 nitrogen and oxygen atoms in total. The van der Waals surface area contributed by atoms with E-state index in [1.54, 1.807) is 0 Å². The molecule has 0 aromatic heterocycles. The van der Waals surface area contributed by atoms with Gasteiger partial charge in [0.15, 0.2) is 0 Å². The molecule has 0 saturated carbocycles. The van der Waals surface area contributed by atoms with Crippen molar-refractivity contribution in [1.29, 1.82) is 0 Å². The van der Waals surface area contributed by atoms with Gasteiger partial charge in [0.1, 0.15) is 0 Å². The van der Waals surface area contributed by atoms with Crippen molar-refractivity contribution in [3.05, 3.63) is 33.9 Å². The molecule has 0 atom stereocenters. The molecule has 0 radical (unpaired) electrons. The van der Waals surface area contributed by atoms with Crippen LogP contribution in [0.5, 0.6) is 0 Å². The third-order valence-electron chi connectivity index (χ3n) is 3.19. The average Bonchev–Trinajstić information content (AvgIpc) is 2.49. The monoisotopic (exact) mass is 350 g/mol. The van der Waals surface area contributed by atoms with Crippen molar-refractivity contribution < 1.29 is 22.9 Å². The average molecular weight is 350 g/mol. The second kappa shape index (κ2) is 8.19. The second-order valence-electron chi connectivity index (χ2n) is 4.81. The topological polar surface area (TPSA) is 72.2 Å². The van der Waals surface area contributed by atoms with Crippen LogP contribution in [-0.2, 0) is 11.0 Å². The predicted molar refractivity (Wildman–Crippen MR) is 81.3 cm³/mol. The Bertz CT molecular complexity index is 575. The molecule has 0 saturated heterocycles. The molecular formula is C14H17F3N2O3S. The van der Waals surface area contributed by atoms with Gasteiger partial charge in [-0.2, -0.15) is 13.2 Å². The van der Waals surface area contributed by atoms with E-state index < -0.39 is 22.4 Å². The van der Waals surface area contributed by atoms with E-state index in [1.165, 1.54) is 0 Å². The van der Waals surface area contributed by atoms with Gasteiger partial charge < -0.3 is 5.32 Å². The zero-order valence-electron chi connectivity index (χ0n) is 12.6. The van der Waals surface area contributed by atoms with E-state index in [0.717, 1.165) is 36.7 Å². The van der Waals surface area contributed by atoms with Crippen molar-refractivity contribution in [3.8, 4) is 0 Å². The Morgan fingerprint density at radius 2 is 1.96 bits per heavy atom. The number of hydrogen-bond acceptors (Lipinski definition) is 4. The van der Waals surface area contributed by atoms with Crippen molar-refractivity contribution in [1.82, 2.24) is 5.32 Å². The number of nitro benzene ring substituents is 1. The Morgan fingerprint density at radius 3 is 2.43 bits per heavy atom. The largest absolute Gasteiger partial charge is 0.416 e. The smallest absolute Gasteiger partial charge is 0.353 e. The van der Waals surface area contributed by atoms with Gasteiger partial charge in [0.25, 0.3) is 5.69 Å². The number of rotatable bonds is 7. The highest BCUT2D eigenvalue weighted by molar-refractivity contribution is 8.00. The number of carbonyl (C=O) groups excluding carboxylic acids is 1. The Kier molecular flexibility index (Phi) is 6.86. The van der Waals surface area contributed by atoms with Gasteiger partial charge in [-0.15, -0.1) is 11.8 Å². The van der Waals surface area contributed by atoms with Crippen LogP contribution in [0.15, 0.2) is 23.1 Å². The van der Waals surface area contributed by atoms with Crippen molar-refractivity contribution in [3.63, 3.8) is 0 Å². The number of benzene rings is 1. The minimum absolute atomic E-state index is 0.0192. The van der Waals surface area contributed by atoms with Crippen LogP contribution in [0.3, 0.4) is 0 Å². The lowest BCUT2D eigenvalue weighted by Crippen LogP contribution is -2.35. The van der Waals surface area contributed by atoms with Gasteiger partial charge in [0, 0.05) is 12.1 Å². The molecule has 0 bridgehead atoms. The summed E-state index contributed by atoms with van der Waals surface area (Å²) >= 11 is 0.845. The van der Waals surface area contributed by atoms with Crippen LogP contribution in [0.4, 0.5) is 18.9 Å². The number of thioether (sulfide) groups is 1. The third-order valence-corrected chi connectivity index (χ3v) is 4.26. The minimum Gasteiger partial charge on any atom is -0.353 e. The van der Waals surface area contributed by atoms with Crippen LogP contribution in [0.25, 0.3) is 0 Å². The van der Waals surface area contributed by atoms with Gasteiger partial charge in [0.05, 0.1) is 21.1 Å². The molecule has 1 aromatic carbocycles. The summed E-state index contributed by atoms with van der Waals surface area (Å²) in [6.07, 6.45) is -3.14. The van der Waals surface area contributed by atoms with Crippen LogP contribution >= 0.6 is 11.8 Å². The normalized spacial score (nSPS) is 11.6. The number of hydrogen-bond donors (Lipinski definition) is 1. The maximum Gasteiger partial charge on any atom is 0.416 e. The highest BCUT2D eigenvalue weighted by Gasteiger charge is 2.33. The van der Waals surface area contributed by atoms with E-state index in [1.807, 2.05) is 13.8 Å². The highest BCUT2D eigenvalue weighted by atomic mass is 32.2. The van der Waals surface area contributed by atoms with Gasteiger partial charge in [0.2, 0.25) is 5.91 Å². The number of halogens is 3. The van der Waals surface area contributed by atoms with Crippen molar-refractivity contribution in [2.24, 2.45) is 0 Å². The maximum atomic E-state index is 12.6. The number of alkyl halides is 3. The fourth-order valence-corrected chi connectivity index (χ4v) is 2.68. The first-order valence-corrected chi connectivity index (χ1v) is 7.95. The zero-order chi connectivity index (χ0) is 17.6. The number of amides is 1. The van der Waals surface area contributed by atoms with Gasteiger partial charge in [-0.25, -0.2) is 0 Å². The Hall–Kier alpha value is -1.77. The first kappa shape index (κ1) is 19.3. The number of carbonyl (C=O) groups is 1. The summed E-state index contributed by atoms with van der Waals surface area (Å²) in [6, 6.07) is 2.30. The quantitative estimate of drug-likeness (QED) is 0.458. The highest BCUT2D eigenvalue weighted by Crippen LogP contribution is 2.36. The number of nitrogens with one attached hydrogen (secondary N) is 1. The lowest BCUT2D eigenvalue weighted by Gasteiger charge is -2.14. The molecule has 0 aliphatic rings. The molecule has 0 spiro atoms. The first-order valence-electron chi connectivity index (χ1n) is 6.96. The van der Waals surface area contributed by atoms with Crippen LogP contribution in [-0.4, -0.2) is 22.6 Å². The molecule has 0 aliphatic carbocycles. The Morgan fingerprint density at radius 1 is 1.35 bits per heavy atom. The van der Waals surface area contributed by atoms with Crippen LogP contribution < -0.4 is 5.32 Å². The fourth-order valence-electron chi connectivity index (χ4n) is 1.86. The molecule has 0 unspecified atom stereocenters. The van der Waals surface area contributed by atoms with Gasteiger partial charge in [-0.1, -0.05) is 13.8 Å². The van der Waals surface area contributed by atoms with E-state index in [2.05, 4.69) is 5.32 Å². The molecule has 1 amide bonds. The van der Waals surface area contributed by atoms with Crippen molar-refractivity contribution in [2.45, 2.75) is 43.8 Å². The summed E-state index contributed by atoms with van der Waals surface area (Å²) < 4.78 is 37.8. The summed E-state index contributed by atoms with van der Waals surface area (Å²) in [7, 11) is 0. The summed E-state index contributed by atoms with van der Waals surface area (Å²) in [4.78, 5) is 21.9. The van der Waals surface area contributed by atoms with E-state index >= 15 is 0 Å². The lowest BCUT2D eigenvalue weighted by atomic mass is 10.2. The van der Waals surface area contributed by atoms with Crippen LogP contribution in [0, 0.1) is 10.1 Å². The SMILES string of the molecule is CCC(CC)NC(=O)CSc1ccc(C(F)(F)F)cc1[N+](=O)[O-]. The lowest BCUT2D eigenvalue weighted by molar-refractivity contribution is -0.388. The molecule has 1 aromatic rings. The summed E-state index contributed by atoms with van der Waals surface area (Å²) in [5, 5.41) is 13.7. The zero-order valence-corrected chi connectivity index (χ0v) is 13.5. The second-order valence-corrected chi connectivity index (χ2v) is 5.82. The van der Waals surface area contributed by atoms with Crippen LogP contribution in [0.1, 0.15) is 32.3 Å². The minimum atomic E-state index is -4.65. The predicted octanol–water partition coefficient (Wildman–Crippen LogP) is 4.01. The standard InChI is InChI=1S/C14H17F3N2O3S/c1-3-10(4-2)18-13(20)8-23-12-6-5-9(14(15,16)17)7-11(12)19(21)22/h5-7,10H,3-4,8H2,1-2H3,(H,18,20). The van der Waals surface area contributed by atoms with Crippen molar-refractivity contribution in [2.75, 3.05) is 5.75 Å². The van der Waals surface area contributed by atoms with Gasteiger partial charge >= 0.3 is 6.18 Å². The molecular weight excluding hydrogens is 333 g/mol. The molecule has 0 aliphatic heterocycles. The first-order chi connectivity index (χ1) is 10.7. The summed E-state index contributed by atoms with van der Waals surface area (Å²) in [5.74, 6) is -0.402. The molecule has 1 N–H and O–H groups in total. The maximum absolute atomic E-state index is 12.6. The Labute approximate surface area is 135 Å². The van der Waals surface area contributed by atoms with E-state index in [4.69, 9.17) is 0 Å². The summed E-state index contributed by atoms with van der Waals surface area (Å²) in [6.45, 7) is 3.84. The number of nitro groups is 1. The van der Waals surface area contributed by atoms with Gasteiger partial charge in [-0.3, -0.25) is 14.9 Å². The third kappa shape index (κ3) is 5.74. The van der Waals surface area contributed by atoms with E-state index in [-0.39, 0.29) is 22.6 Å².